The minimum Gasteiger partial charge on any atom is -0.399 e. The fourth-order valence-electron chi connectivity index (χ4n) is 2.06. The van der Waals surface area contributed by atoms with Crippen molar-refractivity contribution in [2.45, 2.75) is 6.54 Å². The lowest BCUT2D eigenvalue weighted by atomic mass is 10.2. The molecule has 0 bridgehead atoms. The highest BCUT2D eigenvalue weighted by atomic mass is 16.1. The van der Waals surface area contributed by atoms with Crippen LogP contribution in [0.5, 0.6) is 0 Å². The summed E-state index contributed by atoms with van der Waals surface area (Å²) < 4.78 is 1.46. The molecule has 0 spiro atoms. The van der Waals surface area contributed by atoms with Crippen molar-refractivity contribution in [3.05, 3.63) is 70.6 Å². The van der Waals surface area contributed by atoms with E-state index in [1.54, 1.807) is 18.3 Å². The Labute approximate surface area is 110 Å². The van der Waals surface area contributed by atoms with Gasteiger partial charge in [-0.1, -0.05) is 36.4 Å². The van der Waals surface area contributed by atoms with Crippen molar-refractivity contribution >= 4 is 16.5 Å². The van der Waals surface area contributed by atoms with Crippen LogP contribution >= 0.6 is 0 Å². The molecule has 1 aromatic heterocycles. The molecule has 0 saturated carbocycles. The van der Waals surface area contributed by atoms with Crippen LogP contribution in [0.1, 0.15) is 5.56 Å². The van der Waals surface area contributed by atoms with Gasteiger partial charge in [-0.3, -0.25) is 4.79 Å². The van der Waals surface area contributed by atoms with Crippen molar-refractivity contribution in [3.63, 3.8) is 0 Å². The maximum atomic E-state index is 12.3. The molecule has 0 unspecified atom stereocenters. The van der Waals surface area contributed by atoms with Gasteiger partial charge in [-0.25, -0.2) is 4.68 Å². The molecule has 94 valence electrons. The summed E-state index contributed by atoms with van der Waals surface area (Å²) in [6.07, 6.45) is 1.69. The smallest absolute Gasteiger partial charge is 0.275 e. The zero-order chi connectivity index (χ0) is 13.2. The Kier molecular flexibility index (Phi) is 2.76. The van der Waals surface area contributed by atoms with E-state index in [0.717, 1.165) is 10.9 Å². The SMILES string of the molecule is Nc1ccc2cnn(Cc3ccccc3)c(=O)c2c1. The van der Waals surface area contributed by atoms with Crippen molar-refractivity contribution in [1.82, 2.24) is 9.78 Å². The van der Waals surface area contributed by atoms with Crippen LogP contribution in [0.4, 0.5) is 5.69 Å². The van der Waals surface area contributed by atoms with Gasteiger partial charge in [0.05, 0.1) is 18.1 Å². The van der Waals surface area contributed by atoms with E-state index in [2.05, 4.69) is 5.10 Å². The van der Waals surface area contributed by atoms with Gasteiger partial charge in [-0.15, -0.1) is 0 Å². The van der Waals surface area contributed by atoms with E-state index in [-0.39, 0.29) is 5.56 Å². The molecule has 0 saturated heterocycles. The lowest BCUT2D eigenvalue weighted by molar-refractivity contribution is 0.647. The second-order valence-corrected chi connectivity index (χ2v) is 4.44. The number of nitrogens with zero attached hydrogens (tertiary/aromatic N) is 2. The van der Waals surface area contributed by atoms with Gasteiger partial charge < -0.3 is 5.73 Å². The molecule has 0 amide bonds. The van der Waals surface area contributed by atoms with E-state index >= 15 is 0 Å². The zero-order valence-electron chi connectivity index (χ0n) is 10.3. The first-order valence-corrected chi connectivity index (χ1v) is 6.03. The molecule has 3 aromatic rings. The van der Waals surface area contributed by atoms with Crippen molar-refractivity contribution in [1.29, 1.82) is 0 Å². The minimum atomic E-state index is -0.117. The summed E-state index contributed by atoms with van der Waals surface area (Å²) in [5.74, 6) is 0. The molecule has 2 N–H and O–H groups in total. The monoisotopic (exact) mass is 251 g/mol. The molecule has 0 aliphatic heterocycles. The topological polar surface area (TPSA) is 60.9 Å². The van der Waals surface area contributed by atoms with E-state index in [1.165, 1.54) is 4.68 Å². The van der Waals surface area contributed by atoms with Gasteiger partial charge in [-0.2, -0.15) is 5.10 Å². The lowest BCUT2D eigenvalue weighted by Crippen LogP contribution is -2.23. The Hall–Kier alpha value is -2.62. The molecule has 19 heavy (non-hydrogen) atoms. The fourth-order valence-corrected chi connectivity index (χ4v) is 2.06. The van der Waals surface area contributed by atoms with Crippen LogP contribution in [0.3, 0.4) is 0 Å². The first-order chi connectivity index (χ1) is 9.24. The van der Waals surface area contributed by atoms with E-state index in [4.69, 9.17) is 5.73 Å². The summed E-state index contributed by atoms with van der Waals surface area (Å²) in [4.78, 5) is 12.3. The second kappa shape index (κ2) is 4.57. The summed E-state index contributed by atoms with van der Waals surface area (Å²) >= 11 is 0. The Morgan fingerprint density at radius 3 is 2.68 bits per heavy atom. The molecule has 4 heteroatoms. The highest BCUT2D eigenvalue weighted by Crippen LogP contribution is 2.12. The molecule has 2 aromatic carbocycles. The van der Waals surface area contributed by atoms with Crippen LogP contribution in [0.15, 0.2) is 59.5 Å². The molecular formula is C15H13N3O. The average molecular weight is 251 g/mol. The summed E-state index contributed by atoms with van der Waals surface area (Å²) in [5.41, 5.74) is 7.24. The average Bonchev–Trinajstić information content (AvgIpc) is 2.44. The molecule has 0 aliphatic rings. The maximum Gasteiger partial charge on any atom is 0.275 e. The van der Waals surface area contributed by atoms with Crippen LogP contribution in [0, 0.1) is 0 Å². The molecule has 0 aliphatic carbocycles. The van der Waals surface area contributed by atoms with Gasteiger partial charge in [0.15, 0.2) is 0 Å². The van der Waals surface area contributed by atoms with Crippen LogP contribution in [-0.2, 0) is 6.54 Å². The summed E-state index contributed by atoms with van der Waals surface area (Å²) in [7, 11) is 0. The first kappa shape index (κ1) is 11.5. The number of fused-ring (bicyclic) bond motifs is 1. The molecular weight excluding hydrogens is 238 g/mol. The molecule has 0 atom stereocenters. The van der Waals surface area contributed by atoms with Crippen LogP contribution in [0.2, 0.25) is 0 Å². The quantitative estimate of drug-likeness (QED) is 0.709. The Morgan fingerprint density at radius 2 is 1.89 bits per heavy atom. The van der Waals surface area contributed by atoms with E-state index in [1.807, 2.05) is 36.4 Å². The number of nitrogen functional groups attached to an aromatic ring is 1. The normalized spacial score (nSPS) is 10.7. The van der Waals surface area contributed by atoms with Gasteiger partial charge in [0.25, 0.3) is 5.56 Å². The van der Waals surface area contributed by atoms with Gasteiger partial charge in [0.2, 0.25) is 0 Å². The molecule has 0 radical (unpaired) electrons. The third-order valence-corrected chi connectivity index (χ3v) is 3.05. The standard InChI is InChI=1S/C15H13N3O/c16-13-7-6-12-9-17-18(15(19)14(12)8-13)10-11-4-2-1-3-5-11/h1-9H,10,16H2. The largest absolute Gasteiger partial charge is 0.399 e. The van der Waals surface area contributed by atoms with E-state index < -0.39 is 0 Å². The molecule has 3 rings (SSSR count). The lowest BCUT2D eigenvalue weighted by Gasteiger charge is -2.06. The van der Waals surface area contributed by atoms with Crippen molar-refractivity contribution < 1.29 is 0 Å². The molecule has 0 fully saturated rings. The minimum absolute atomic E-state index is 0.117. The van der Waals surface area contributed by atoms with Crippen molar-refractivity contribution in [2.75, 3.05) is 5.73 Å². The number of anilines is 1. The van der Waals surface area contributed by atoms with Crippen molar-refractivity contribution in [3.8, 4) is 0 Å². The summed E-state index contributed by atoms with van der Waals surface area (Å²) in [5, 5.41) is 5.61. The van der Waals surface area contributed by atoms with Crippen molar-refractivity contribution in [2.24, 2.45) is 0 Å². The van der Waals surface area contributed by atoms with Gasteiger partial charge in [-0.05, 0) is 17.7 Å². The third kappa shape index (κ3) is 2.20. The maximum absolute atomic E-state index is 12.3. The van der Waals surface area contributed by atoms with Gasteiger partial charge in [0.1, 0.15) is 0 Å². The van der Waals surface area contributed by atoms with Crippen LogP contribution in [-0.4, -0.2) is 9.78 Å². The summed E-state index contributed by atoms with van der Waals surface area (Å²) in [6, 6.07) is 15.0. The third-order valence-electron chi connectivity index (χ3n) is 3.05. The number of hydrogen-bond acceptors (Lipinski definition) is 3. The summed E-state index contributed by atoms with van der Waals surface area (Å²) in [6.45, 7) is 0.463. The number of aromatic nitrogens is 2. The predicted octanol–water partition coefficient (Wildman–Crippen LogP) is 2.03. The van der Waals surface area contributed by atoms with Crippen LogP contribution in [0.25, 0.3) is 10.8 Å². The van der Waals surface area contributed by atoms with E-state index in [9.17, 15) is 4.79 Å². The molecule has 1 heterocycles. The number of nitrogens with two attached hydrogens (primary N) is 1. The fraction of sp³-hybridized carbons (Fsp3) is 0.0667. The Balaban J connectivity index is 2.10. The number of rotatable bonds is 2. The van der Waals surface area contributed by atoms with Gasteiger partial charge >= 0.3 is 0 Å². The van der Waals surface area contributed by atoms with Crippen LogP contribution < -0.4 is 11.3 Å². The number of benzene rings is 2. The second-order valence-electron chi connectivity index (χ2n) is 4.44. The molecule has 4 nitrogen and oxygen atoms in total. The zero-order valence-corrected chi connectivity index (χ0v) is 10.3. The predicted molar refractivity (Wildman–Crippen MR) is 76.0 cm³/mol. The first-order valence-electron chi connectivity index (χ1n) is 6.03. The highest BCUT2D eigenvalue weighted by molar-refractivity contribution is 5.83. The Morgan fingerprint density at radius 1 is 1.11 bits per heavy atom. The Bertz CT molecular complexity index is 778. The number of hydrogen-bond donors (Lipinski definition) is 1. The van der Waals surface area contributed by atoms with E-state index in [0.29, 0.717) is 17.6 Å². The van der Waals surface area contributed by atoms with Gasteiger partial charge in [0, 0.05) is 11.1 Å². The highest BCUT2D eigenvalue weighted by Gasteiger charge is 2.05.